The molecule has 2 aromatic rings. The van der Waals surface area contributed by atoms with E-state index in [2.05, 4.69) is 4.90 Å². The van der Waals surface area contributed by atoms with E-state index in [0.717, 1.165) is 44.3 Å². The van der Waals surface area contributed by atoms with E-state index in [1.165, 1.54) is 19.2 Å². The minimum atomic E-state index is -3.31. The SMILES string of the molecule is COCCN(C(=O)c1ccc(S(C)(=O)=O)cc1)C1CCN(Cc2ccc(C(=O)OC)cc2)CC1. The van der Waals surface area contributed by atoms with Crippen LogP contribution in [0.15, 0.2) is 53.4 Å². The van der Waals surface area contributed by atoms with E-state index in [4.69, 9.17) is 9.47 Å². The first-order chi connectivity index (χ1) is 16.2. The number of methoxy groups -OCH3 is 2. The first-order valence-corrected chi connectivity index (χ1v) is 13.1. The number of hydrogen-bond donors (Lipinski definition) is 0. The Morgan fingerprint density at radius 2 is 1.56 bits per heavy atom. The van der Waals surface area contributed by atoms with E-state index < -0.39 is 9.84 Å². The van der Waals surface area contributed by atoms with Crippen molar-refractivity contribution in [2.45, 2.75) is 30.3 Å². The number of carbonyl (C=O) groups excluding carboxylic acids is 2. The molecule has 1 saturated heterocycles. The Bertz CT molecular complexity index is 1080. The smallest absolute Gasteiger partial charge is 0.337 e. The third-order valence-electron chi connectivity index (χ3n) is 6.11. The summed E-state index contributed by atoms with van der Waals surface area (Å²) in [5.41, 5.74) is 2.11. The highest BCUT2D eigenvalue weighted by Crippen LogP contribution is 2.21. The molecule has 0 bridgehead atoms. The van der Waals surface area contributed by atoms with E-state index in [9.17, 15) is 18.0 Å². The summed E-state index contributed by atoms with van der Waals surface area (Å²) < 4.78 is 33.4. The topological polar surface area (TPSA) is 93.2 Å². The van der Waals surface area contributed by atoms with Crippen LogP contribution in [0, 0.1) is 0 Å². The van der Waals surface area contributed by atoms with Gasteiger partial charge in [0.2, 0.25) is 0 Å². The normalized spacial score (nSPS) is 15.1. The van der Waals surface area contributed by atoms with Gasteiger partial charge in [-0.2, -0.15) is 0 Å². The van der Waals surface area contributed by atoms with Crippen LogP contribution >= 0.6 is 0 Å². The average molecular weight is 489 g/mol. The van der Waals surface area contributed by atoms with Crippen LogP contribution in [0.2, 0.25) is 0 Å². The molecule has 0 aliphatic carbocycles. The second-order valence-corrected chi connectivity index (χ2v) is 10.5. The molecule has 0 radical (unpaired) electrons. The van der Waals surface area contributed by atoms with Crippen LogP contribution in [0.5, 0.6) is 0 Å². The Balaban J connectivity index is 1.62. The standard InChI is InChI=1S/C25H32N2O6S/c1-32-17-16-27(24(28)20-8-10-23(11-9-20)34(3,30)31)22-12-14-26(15-13-22)18-19-4-6-21(7-5-19)25(29)33-2/h4-11,22H,12-18H2,1-3H3. The first kappa shape index (κ1) is 25.9. The summed E-state index contributed by atoms with van der Waals surface area (Å²) in [6, 6.07) is 13.6. The molecule has 8 nitrogen and oxygen atoms in total. The monoisotopic (exact) mass is 488 g/mol. The fraction of sp³-hybridized carbons (Fsp3) is 0.440. The number of piperidine rings is 1. The number of amides is 1. The van der Waals surface area contributed by atoms with Crippen LogP contribution in [0.3, 0.4) is 0 Å². The maximum Gasteiger partial charge on any atom is 0.337 e. The van der Waals surface area contributed by atoms with Gasteiger partial charge in [0.15, 0.2) is 9.84 Å². The molecule has 184 valence electrons. The largest absolute Gasteiger partial charge is 0.465 e. The van der Waals surface area contributed by atoms with Crippen molar-refractivity contribution in [1.82, 2.24) is 9.80 Å². The van der Waals surface area contributed by atoms with Crippen molar-refractivity contribution in [3.63, 3.8) is 0 Å². The van der Waals surface area contributed by atoms with Gasteiger partial charge in [-0.15, -0.1) is 0 Å². The van der Waals surface area contributed by atoms with Crippen LogP contribution in [-0.2, 0) is 25.9 Å². The summed E-state index contributed by atoms with van der Waals surface area (Å²) in [7, 11) is -0.338. The molecule has 0 saturated carbocycles. The molecule has 1 amide bonds. The molecule has 1 fully saturated rings. The molecular formula is C25H32N2O6S. The van der Waals surface area contributed by atoms with E-state index >= 15 is 0 Å². The third-order valence-corrected chi connectivity index (χ3v) is 7.23. The number of sulfone groups is 1. The fourth-order valence-corrected chi connectivity index (χ4v) is 4.79. The second-order valence-electron chi connectivity index (χ2n) is 8.48. The number of nitrogens with zero attached hydrogens (tertiary/aromatic N) is 2. The number of rotatable bonds is 9. The lowest BCUT2D eigenvalue weighted by Gasteiger charge is -2.38. The van der Waals surface area contributed by atoms with Gasteiger partial charge in [0.05, 0.1) is 24.2 Å². The lowest BCUT2D eigenvalue weighted by Crippen LogP contribution is -2.48. The molecule has 34 heavy (non-hydrogen) atoms. The minimum Gasteiger partial charge on any atom is -0.465 e. The lowest BCUT2D eigenvalue weighted by atomic mass is 10.0. The van der Waals surface area contributed by atoms with Crippen molar-refractivity contribution in [2.24, 2.45) is 0 Å². The number of ether oxygens (including phenoxy) is 2. The van der Waals surface area contributed by atoms with Crippen molar-refractivity contribution in [3.8, 4) is 0 Å². The number of carbonyl (C=O) groups is 2. The molecule has 1 aliphatic rings. The highest BCUT2D eigenvalue weighted by molar-refractivity contribution is 7.90. The van der Waals surface area contributed by atoms with Crippen LogP contribution < -0.4 is 0 Å². The molecule has 3 rings (SSSR count). The van der Waals surface area contributed by atoms with Gasteiger partial charge in [0.25, 0.3) is 5.91 Å². The van der Waals surface area contributed by atoms with Gasteiger partial charge < -0.3 is 14.4 Å². The molecule has 1 heterocycles. The Labute approximate surface area is 201 Å². The van der Waals surface area contributed by atoms with Crippen molar-refractivity contribution in [2.75, 3.05) is 46.7 Å². The van der Waals surface area contributed by atoms with Crippen molar-refractivity contribution >= 4 is 21.7 Å². The minimum absolute atomic E-state index is 0.0789. The van der Waals surface area contributed by atoms with Gasteiger partial charge >= 0.3 is 5.97 Å². The third kappa shape index (κ3) is 6.65. The van der Waals surface area contributed by atoms with E-state index in [1.54, 1.807) is 31.4 Å². The zero-order valence-corrected chi connectivity index (χ0v) is 20.7. The van der Waals surface area contributed by atoms with E-state index in [0.29, 0.717) is 24.3 Å². The summed E-state index contributed by atoms with van der Waals surface area (Å²) in [5.74, 6) is -0.465. The maximum atomic E-state index is 13.3. The van der Waals surface area contributed by atoms with Crippen LogP contribution in [0.4, 0.5) is 0 Å². The number of benzene rings is 2. The molecule has 9 heteroatoms. The molecule has 0 unspecified atom stereocenters. The number of esters is 1. The molecule has 1 aliphatic heterocycles. The Morgan fingerprint density at radius 1 is 0.971 bits per heavy atom. The lowest BCUT2D eigenvalue weighted by molar-refractivity contribution is 0.0477. The predicted octanol–water partition coefficient (Wildman–Crippen LogP) is 2.63. The fourth-order valence-electron chi connectivity index (χ4n) is 4.16. The van der Waals surface area contributed by atoms with Gasteiger partial charge in [-0.3, -0.25) is 9.69 Å². The first-order valence-electron chi connectivity index (χ1n) is 11.2. The van der Waals surface area contributed by atoms with Gasteiger partial charge in [0, 0.05) is 51.1 Å². The Hall–Kier alpha value is -2.75. The van der Waals surface area contributed by atoms with Crippen LogP contribution in [0.25, 0.3) is 0 Å². The molecule has 0 atom stereocenters. The molecular weight excluding hydrogens is 456 g/mol. The summed E-state index contributed by atoms with van der Waals surface area (Å²) in [6.45, 7) is 3.36. The van der Waals surface area contributed by atoms with Crippen molar-refractivity contribution < 1.29 is 27.5 Å². The number of likely N-dealkylation sites (tertiary alicyclic amines) is 1. The van der Waals surface area contributed by atoms with Gasteiger partial charge in [-0.1, -0.05) is 12.1 Å². The number of hydrogen-bond acceptors (Lipinski definition) is 7. The highest BCUT2D eigenvalue weighted by atomic mass is 32.2. The Kier molecular flexibility index (Phi) is 8.82. The van der Waals surface area contributed by atoms with Gasteiger partial charge in [-0.05, 0) is 54.8 Å². The summed E-state index contributed by atoms with van der Waals surface area (Å²) in [5, 5.41) is 0. The molecule has 0 N–H and O–H groups in total. The highest BCUT2D eigenvalue weighted by Gasteiger charge is 2.28. The molecule has 0 aromatic heterocycles. The quantitative estimate of drug-likeness (QED) is 0.501. The van der Waals surface area contributed by atoms with Crippen molar-refractivity contribution in [3.05, 3.63) is 65.2 Å². The van der Waals surface area contributed by atoms with Crippen LogP contribution in [0.1, 0.15) is 39.1 Å². The molecule has 0 spiro atoms. The van der Waals surface area contributed by atoms with Gasteiger partial charge in [-0.25, -0.2) is 13.2 Å². The Morgan fingerprint density at radius 3 is 2.09 bits per heavy atom. The van der Waals surface area contributed by atoms with E-state index in [1.807, 2.05) is 17.0 Å². The predicted molar refractivity (Wildman–Crippen MR) is 129 cm³/mol. The summed E-state index contributed by atoms with van der Waals surface area (Å²) in [6.07, 6.45) is 2.81. The molecule has 2 aromatic carbocycles. The summed E-state index contributed by atoms with van der Waals surface area (Å²) >= 11 is 0. The summed E-state index contributed by atoms with van der Waals surface area (Å²) in [4.78, 5) is 29.3. The van der Waals surface area contributed by atoms with E-state index in [-0.39, 0.29) is 22.8 Å². The zero-order chi connectivity index (χ0) is 24.7. The zero-order valence-electron chi connectivity index (χ0n) is 19.9. The maximum absolute atomic E-state index is 13.3. The van der Waals surface area contributed by atoms with Crippen LogP contribution in [-0.4, -0.2) is 82.9 Å². The second kappa shape index (κ2) is 11.6. The van der Waals surface area contributed by atoms with Gasteiger partial charge in [0.1, 0.15) is 0 Å². The average Bonchev–Trinajstić information content (AvgIpc) is 2.84. The van der Waals surface area contributed by atoms with Crippen molar-refractivity contribution in [1.29, 1.82) is 0 Å².